The number of aliphatic hydroxyl groups is 1. The summed E-state index contributed by atoms with van der Waals surface area (Å²) < 4.78 is 5.30. The Balaban J connectivity index is 1.52. The van der Waals surface area contributed by atoms with Crippen molar-refractivity contribution in [1.29, 1.82) is 0 Å². The van der Waals surface area contributed by atoms with Gasteiger partial charge in [-0.1, -0.05) is 35.3 Å². The van der Waals surface area contributed by atoms with Crippen LogP contribution >= 0.6 is 23.2 Å². The molecule has 1 aliphatic heterocycles. The fraction of sp³-hybridized carbons (Fsp3) is 0.304. The zero-order chi connectivity index (χ0) is 22.3. The quantitative estimate of drug-likeness (QED) is 0.571. The molecule has 8 heteroatoms. The molecule has 0 radical (unpaired) electrons. The summed E-state index contributed by atoms with van der Waals surface area (Å²) in [4.78, 5) is 27.0. The number of rotatable bonds is 3. The van der Waals surface area contributed by atoms with Gasteiger partial charge in [0.05, 0.1) is 22.6 Å². The number of benzene rings is 2. The van der Waals surface area contributed by atoms with Crippen molar-refractivity contribution in [3.05, 3.63) is 73.6 Å². The van der Waals surface area contributed by atoms with E-state index < -0.39 is 11.2 Å². The van der Waals surface area contributed by atoms with Crippen molar-refractivity contribution in [2.24, 2.45) is 0 Å². The molecule has 2 N–H and O–H groups in total. The van der Waals surface area contributed by atoms with E-state index in [-0.39, 0.29) is 34.2 Å². The van der Waals surface area contributed by atoms with Crippen molar-refractivity contribution in [3.8, 4) is 5.75 Å². The van der Waals surface area contributed by atoms with E-state index in [0.717, 1.165) is 5.56 Å². The van der Waals surface area contributed by atoms with E-state index >= 15 is 0 Å². The molecule has 1 amide bonds. The number of fused-ring (bicyclic) bond motifs is 1. The van der Waals surface area contributed by atoms with Gasteiger partial charge in [-0.15, -0.1) is 0 Å². The number of aryl methyl sites for hydroxylation is 1. The molecule has 1 saturated heterocycles. The summed E-state index contributed by atoms with van der Waals surface area (Å²) in [5, 5.41) is 22.0. The van der Waals surface area contributed by atoms with Crippen molar-refractivity contribution in [1.82, 2.24) is 4.90 Å². The van der Waals surface area contributed by atoms with Crippen LogP contribution in [0.2, 0.25) is 10.0 Å². The van der Waals surface area contributed by atoms with Crippen LogP contribution in [0, 0.1) is 6.92 Å². The van der Waals surface area contributed by atoms with E-state index in [1.54, 1.807) is 36.1 Å². The number of carbonyl (C=O) groups is 1. The lowest BCUT2D eigenvalue weighted by Crippen LogP contribution is -2.46. The highest BCUT2D eigenvalue weighted by Crippen LogP contribution is 2.34. The van der Waals surface area contributed by atoms with Crippen LogP contribution in [0.1, 0.15) is 29.5 Å². The third-order valence-electron chi connectivity index (χ3n) is 6.01. The average molecular weight is 462 g/mol. The number of nitrogens with zero attached hydrogens (tertiary/aromatic N) is 1. The van der Waals surface area contributed by atoms with Crippen molar-refractivity contribution in [2.75, 3.05) is 13.1 Å². The number of hydrogen-bond donors (Lipinski definition) is 2. The van der Waals surface area contributed by atoms with Gasteiger partial charge in [-0.2, -0.15) is 0 Å². The van der Waals surface area contributed by atoms with Crippen molar-refractivity contribution in [2.45, 2.75) is 31.8 Å². The third kappa shape index (κ3) is 4.15. The smallest absolute Gasteiger partial charge is 0.340 e. The van der Waals surface area contributed by atoms with Gasteiger partial charge in [-0.05, 0) is 49.1 Å². The maximum Gasteiger partial charge on any atom is 0.340 e. The molecule has 3 aromatic rings. The van der Waals surface area contributed by atoms with E-state index in [2.05, 4.69) is 0 Å². The summed E-state index contributed by atoms with van der Waals surface area (Å²) in [6.07, 6.45) is 0.670. The minimum atomic E-state index is -1.02. The molecule has 0 atom stereocenters. The summed E-state index contributed by atoms with van der Waals surface area (Å²) in [6.45, 7) is 2.47. The van der Waals surface area contributed by atoms with Gasteiger partial charge in [0.25, 0.3) is 0 Å². The third-order valence-corrected chi connectivity index (χ3v) is 6.56. The monoisotopic (exact) mass is 461 g/mol. The first-order valence-corrected chi connectivity index (χ1v) is 10.6. The number of phenolic OH excluding ortho intramolecular Hbond substituents is 1. The molecule has 0 aliphatic carbocycles. The molecule has 0 unspecified atom stereocenters. The summed E-state index contributed by atoms with van der Waals surface area (Å²) in [5.41, 5.74) is 0.211. The van der Waals surface area contributed by atoms with Crippen LogP contribution in [-0.4, -0.2) is 34.1 Å². The van der Waals surface area contributed by atoms with Crippen molar-refractivity contribution in [3.63, 3.8) is 0 Å². The first kappa shape index (κ1) is 21.7. The molecule has 0 spiro atoms. The standard InChI is InChI=1S/C23H21Cl2NO5/c1-13-16-10-18(25)19(27)12-20(16)31-22(29)17(13)11-21(28)26-8-6-23(30,7-9-26)14-2-4-15(24)5-3-14/h2-5,10,12,27,30H,6-9,11H2,1H3. The first-order chi connectivity index (χ1) is 14.7. The van der Waals surface area contributed by atoms with E-state index in [4.69, 9.17) is 27.6 Å². The van der Waals surface area contributed by atoms with Crippen LogP contribution in [-0.2, 0) is 16.8 Å². The number of carbonyl (C=O) groups excluding carboxylic acids is 1. The Bertz CT molecular complexity index is 1210. The second-order valence-electron chi connectivity index (χ2n) is 7.89. The number of piperidine rings is 1. The molecule has 1 aromatic heterocycles. The first-order valence-electron chi connectivity index (χ1n) is 9.89. The van der Waals surface area contributed by atoms with Gasteiger partial charge in [-0.3, -0.25) is 4.79 Å². The van der Waals surface area contributed by atoms with E-state index in [0.29, 0.717) is 41.9 Å². The molecule has 0 bridgehead atoms. The largest absolute Gasteiger partial charge is 0.506 e. The molecule has 0 saturated carbocycles. The van der Waals surface area contributed by atoms with Crippen LogP contribution < -0.4 is 5.63 Å². The molecule has 4 rings (SSSR count). The predicted octanol–water partition coefficient (Wildman–Crippen LogP) is 4.17. The minimum Gasteiger partial charge on any atom is -0.506 e. The number of hydrogen-bond acceptors (Lipinski definition) is 5. The molecule has 1 aliphatic rings. The lowest BCUT2D eigenvalue weighted by Gasteiger charge is -2.38. The normalized spacial score (nSPS) is 15.9. The number of amides is 1. The van der Waals surface area contributed by atoms with Gasteiger partial charge in [-0.25, -0.2) is 4.79 Å². The molecule has 6 nitrogen and oxygen atoms in total. The Morgan fingerprint density at radius 1 is 1.16 bits per heavy atom. The Morgan fingerprint density at radius 3 is 2.45 bits per heavy atom. The van der Waals surface area contributed by atoms with Crippen LogP contribution in [0.5, 0.6) is 5.75 Å². The fourth-order valence-corrected chi connectivity index (χ4v) is 4.33. The molecule has 162 valence electrons. The van der Waals surface area contributed by atoms with Crippen molar-refractivity contribution >= 4 is 40.1 Å². The van der Waals surface area contributed by atoms with Gasteiger partial charge in [0.1, 0.15) is 11.3 Å². The van der Waals surface area contributed by atoms with Gasteiger partial charge < -0.3 is 19.5 Å². The minimum absolute atomic E-state index is 0.109. The summed E-state index contributed by atoms with van der Waals surface area (Å²) in [6, 6.07) is 9.88. The Hall–Kier alpha value is -2.54. The molecular weight excluding hydrogens is 441 g/mol. The summed E-state index contributed by atoms with van der Waals surface area (Å²) >= 11 is 11.9. The molecule has 1 fully saturated rings. The van der Waals surface area contributed by atoms with E-state index in [1.165, 1.54) is 12.1 Å². The SMILES string of the molecule is Cc1c(CC(=O)N2CCC(O)(c3ccc(Cl)cc3)CC2)c(=O)oc2cc(O)c(Cl)cc12. The Kier molecular flexibility index (Phi) is 5.73. The number of likely N-dealkylation sites (tertiary alicyclic amines) is 1. The summed E-state index contributed by atoms with van der Waals surface area (Å²) in [7, 11) is 0. The van der Waals surface area contributed by atoms with Gasteiger partial charge >= 0.3 is 5.63 Å². The van der Waals surface area contributed by atoms with E-state index in [1.807, 2.05) is 0 Å². The van der Waals surface area contributed by atoms with E-state index in [9.17, 15) is 19.8 Å². The molecule has 2 heterocycles. The van der Waals surface area contributed by atoms with Gasteiger partial charge in [0.2, 0.25) is 5.91 Å². The summed E-state index contributed by atoms with van der Waals surface area (Å²) in [5.74, 6) is -0.389. The van der Waals surface area contributed by atoms with Gasteiger partial charge in [0, 0.05) is 29.6 Å². The number of halogens is 2. The van der Waals surface area contributed by atoms with Crippen LogP contribution in [0.15, 0.2) is 45.6 Å². The predicted molar refractivity (Wildman–Crippen MR) is 119 cm³/mol. The molecular formula is C23H21Cl2NO5. The van der Waals surface area contributed by atoms with Gasteiger partial charge in [0.15, 0.2) is 0 Å². The average Bonchev–Trinajstić information content (AvgIpc) is 2.73. The topological polar surface area (TPSA) is 91.0 Å². The lowest BCUT2D eigenvalue weighted by atomic mass is 9.84. The number of phenols is 1. The maximum absolute atomic E-state index is 12.9. The zero-order valence-electron chi connectivity index (χ0n) is 16.8. The highest BCUT2D eigenvalue weighted by Gasteiger charge is 2.35. The Morgan fingerprint density at radius 2 is 1.81 bits per heavy atom. The molecule has 31 heavy (non-hydrogen) atoms. The lowest BCUT2D eigenvalue weighted by molar-refractivity contribution is -0.135. The fourth-order valence-electron chi connectivity index (χ4n) is 4.04. The maximum atomic E-state index is 12.9. The second kappa shape index (κ2) is 8.19. The zero-order valence-corrected chi connectivity index (χ0v) is 18.3. The Labute approximate surface area is 188 Å². The highest BCUT2D eigenvalue weighted by molar-refractivity contribution is 6.32. The second-order valence-corrected chi connectivity index (χ2v) is 8.73. The molecule has 2 aromatic carbocycles. The highest BCUT2D eigenvalue weighted by atomic mass is 35.5. The number of aromatic hydroxyl groups is 1. The van der Waals surface area contributed by atoms with Crippen molar-refractivity contribution < 1.29 is 19.4 Å². The van der Waals surface area contributed by atoms with Crippen LogP contribution in [0.4, 0.5) is 0 Å². The van der Waals surface area contributed by atoms with Crippen LogP contribution in [0.25, 0.3) is 11.0 Å². The van der Waals surface area contributed by atoms with Crippen LogP contribution in [0.3, 0.4) is 0 Å².